The van der Waals surface area contributed by atoms with Gasteiger partial charge in [-0.1, -0.05) is 48.5 Å². The summed E-state index contributed by atoms with van der Waals surface area (Å²) in [6.07, 6.45) is 3.04. The number of ether oxygens (including phenoxy) is 1. The van der Waals surface area contributed by atoms with Crippen molar-refractivity contribution in [1.29, 1.82) is 0 Å². The molecule has 1 fully saturated rings. The fourth-order valence-electron chi connectivity index (χ4n) is 3.71. The number of carbonyl (C=O) groups excluding carboxylic acids is 2. The van der Waals surface area contributed by atoms with Gasteiger partial charge in [-0.2, -0.15) is 0 Å². The highest BCUT2D eigenvalue weighted by Gasteiger charge is 2.24. The third-order valence-electron chi connectivity index (χ3n) is 5.29. The number of nitrogens with zero attached hydrogens (tertiary/aromatic N) is 1. The van der Waals surface area contributed by atoms with Crippen LogP contribution < -0.4 is 0 Å². The summed E-state index contributed by atoms with van der Waals surface area (Å²) < 4.78 is 6.32. The minimum Gasteiger partial charge on any atom is -0.451 e. The molecular weight excluding hydrogens is 370 g/mol. The number of hydrogen-bond donors (Lipinski definition) is 0. The van der Waals surface area contributed by atoms with Crippen molar-refractivity contribution in [2.75, 3.05) is 19.7 Å². The Morgan fingerprint density at radius 2 is 1.71 bits per heavy atom. The second-order valence-electron chi connectivity index (χ2n) is 7.24. The maximum atomic E-state index is 12.4. The third-order valence-corrected chi connectivity index (χ3v) is 6.38. The lowest BCUT2D eigenvalue weighted by atomic mass is 9.90. The van der Waals surface area contributed by atoms with Crippen LogP contribution in [0, 0.1) is 5.92 Å². The highest BCUT2D eigenvalue weighted by molar-refractivity contribution is 7.20. The molecule has 2 heterocycles. The first-order valence-electron chi connectivity index (χ1n) is 9.66. The number of likely N-dealkylation sites (tertiary alicyclic amines) is 1. The molecule has 0 N–H and O–H groups in total. The zero-order valence-electron chi connectivity index (χ0n) is 15.7. The fourth-order valence-corrected chi connectivity index (χ4v) is 4.66. The molecule has 0 radical (unpaired) electrons. The van der Waals surface area contributed by atoms with Crippen LogP contribution in [0.1, 0.15) is 28.1 Å². The van der Waals surface area contributed by atoms with E-state index in [0.717, 1.165) is 42.4 Å². The molecule has 3 aromatic rings. The van der Waals surface area contributed by atoms with E-state index in [-0.39, 0.29) is 12.5 Å². The largest absolute Gasteiger partial charge is 0.451 e. The van der Waals surface area contributed by atoms with Crippen LogP contribution in [0.25, 0.3) is 10.1 Å². The van der Waals surface area contributed by atoms with Crippen LogP contribution in [0.5, 0.6) is 0 Å². The van der Waals surface area contributed by atoms with E-state index in [1.807, 2.05) is 41.3 Å². The minimum absolute atomic E-state index is 0.104. The van der Waals surface area contributed by atoms with Crippen LogP contribution in [0.4, 0.5) is 0 Å². The smallest absolute Gasteiger partial charge is 0.348 e. The number of rotatable bonds is 5. The van der Waals surface area contributed by atoms with Crippen LogP contribution in [0.3, 0.4) is 0 Å². The van der Waals surface area contributed by atoms with Crippen molar-refractivity contribution >= 4 is 33.3 Å². The second kappa shape index (κ2) is 8.57. The van der Waals surface area contributed by atoms with Crippen LogP contribution in [-0.4, -0.2) is 36.5 Å². The van der Waals surface area contributed by atoms with Gasteiger partial charge in [0.05, 0.1) is 0 Å². The first kappa shape index (κ1) is 18.7. The van der Waals surface area contributed by atoms with E-state index in [9.17, 15) is 9.59 Å². The Labute approximate surface area is 168 Å². The summed E-state index contributed by atoms with van der Waals surface area (Å²) in [5.41, 5.74) is 1.35. The predicted octanol–water partition coefficient (Wildman–Crippen LogP) is 4.54. The van der Waals surface area contributed by atoms with E-state index in [1.165, 1.54) is 16.9 Å². The van der Waals surface area contributed by atoms with Gasteiger partial charge >= 0.3 is 5.97 Å². The lowest BCUT2D eigenvalue weighted by molar-refractivity contribution is -0.135. The average molecular weight is 394 g/mol. The summed E-state index contributed by atoms with van der Waals surface area (Å²) in [7, 11) is 0. The SMILES string of the molecule is O=C(OCC(=O)N1CCC(Cc2ccccc2)CC1)c1cc2ccccc2s1. The van der Waals surface area contributed by atoms with E-state index in [1.54, 1.807) is 0 Å². The third kappa shape index (κ3) is 4.42. The molecular formula is C23H23NO3S. The first-order valence-corrected chi connectivity index (χ1v) is 10.5. The van der Waals surface area contributed by atoms with Crippen molar-refractivity contribution in [2.45, 2.75) is 19.3 Å². The highest BCUT2D eigenvalue weighted by atomic mass is 32.1. The summed E-state index contributed by atoms with van der Waals surface area (Å²) >= 11 is 1.39. The van der Waals surface area contributed by atoms with E-state index in [0.29, 0.717) is 10.8 Å². The molecule has 4 rings (SSSR count). The molecule has 144 valence electrons. The summed E-state index contributed by atoms with van der Waals surface area (Å²) in [5, 5.41) is 1.02. The monoisotopic (exact) mass is 393 g/mol. The molecule has 0 aliphatic carbocycles. The van der Waals surface area contributed by atoms with Gasteiger partial charge in [0.2, 0.25) is 0 Å². The van der Waals surface area contributed by atoms with Crippen molar-refractivity contribution in [1.82, 2.24) is 4.90 Å². The topological polar surface area (TPSA) is 46.6 Å². The number of fused-ring (bicyclic) bond motifs is 1. The Morgan fingerprint density at radius 3 is 2.46 bits per heavy atom. The fraction of sp³-hybridized carbons (Fsp3) is 0.304. The molecule has 0 saturated carbocycles. The van der Waals surface area contributed by atoms with E-state index in [4.69, 9.17) is 4.74 Å². The van der Waals surface area contributed by atoms with Gasteiger partial charge in [-0.15, -0.1) is 11.3 Å². The van der Waals surface area contributed by atoms with Crippen molar-refractivity contribution < 1.29 is 14.3 Å². The number of benzene rings is 2. The predicted molar refractivity (Wildman–Crippen MR) is 112 cm³/mol. The summed E-state index contributed by atoms with van der Waals surface area (Å²) in [6.45, 7) is 1.28. The van der Waals surface area contributed by atoms with Crippen LogP contribution >= 0.6 is 11.3 Å². The van der Waals surface area contributed by atoms with Crippen molar-refractivity contribution in [3.8, 4) is 0 Å². The molecule has 5 heteroatoms. The van der Waals surface area contributed by atoms with E-state index >= 15 is 0 Å². The molecule has 1 saturated heterocycles. The van der Waals surface area contributed by atoms with Crippen LogP contribution in [0.2, 0.25) is 0 Å². The lowest BCUT2D eigenvalue weighted by Crippen LogP contribution is -2.41. The number of thiophene rings is 1. The van der Waals surface area contributed by atoms with Gasteiger partial charge in [-0.05, 0) is 48.3 Å². The van der Waals surface area contributed by atoms with Gasteiger partial charge in [0.25, 0.3) is 5.91 Å². The van der Waals surface area contributed by atoms with Gasteiger partial charge in [0.15, 0.2) is 6.61 Å². The number of amides is 1. The lowest BCUT2D eigenvalue weighted by Gasteiger charge is -2.32. The standard InChI is InChI=1S/C23H23NO3S/c25-22(16-27-23(26)21-15-19-8-4-5-9-20(19)28-21)24-12-10-18(11-13-24)14-17-6-2-1-3-7-17/h1-9,15,18H,10-14,16H2. The Morgan fingerprint density at radius 1 is 1.00 bits per heavy atom. The molecule has 1 aromatic heterocycles. The van der Waals surface area contributed by atoms with Crippen molar-refractivity contribution in [2.24, 2.45) is 5.92 Å². The maximum absolute atomic E-state index is 12.4. The molecule has 0 spiro atoms. The molecule has 1 aliphatic rings. The van der Waals surface area contributed by atoms with E-state index < -0.39 is 5.97 Å². The summed E-state index contributed by atoms with van der Waals surface area (Å²) in [6, 6.07) is 20.1. The Bertz CT molecular complexity index is 925. The average Bonchev–Trinajstić information content (AvgIpc) is 3.17. The van der Waals surface area contributed by atoms with Crippen molar-refractivity contribution in [3.63, 3.8) is 0 Å². The van der Waals surface area contributed by atoms with Gasteiger partial charge < -0.3 is 9.64 Å². The number of esters is 1. The molecule has 2 aromatic carbocycles. The van der Waals surface area contributed by atoms with Crippen molar-refractivity contribution in [3.05, 3.63) is 71.1 Å². The molecule has 4 nitrogen and oxygen atoms in total. The molecule has 0 unspecified atom stereocenters. The highest BCUT2D eigenvalue weighted by Crippen LogP contribution is 2.26. The minimum atomic E-state index is -0.423. The molecule has 0 bridgehead atoms. The van der Waals surface area contributed by atoms with Gasteiger partial charge in [-0.25, -0.2) is 4.79 Å². The Hall–Kier alpha value is -2.66. The Balaban J connectivity index is 1.25. The molecule has 1 amide bonds. The quantitative estimate of drug-likeness (QED) is 0.598. The van der Waals surface area contributed by atoms with Gasteiger partial charge in [-0.3, -0.25) is 4.79 Å². The van der Waals surface area contributed by atoms with Gasteiger partial charge in [0.1, 0.15) is 4.88 Å². The Kier molecular flexibility index (Phi) is 5.72. The van der Waals surface area contributed by atoms with Crippen LogP contribution in [-0.2, 0) is 16.0 Å². The summed E-state index contributed by atoms with van der Waals surface area (Å²) in [5.74, 6) is 0.0775. The molecule has 28 heavy (non-hydrogen) atoms. The molecule has 0 atom stereocenters. The number of piperidine rings is 1. The second-order valence-corrected chi connectivity index (χ2v) is 8.32. The number of hydrogen-bond acceptors (Lipinski definition) is 4. The van der Waals surface area contributed by atoms with Gasteiger partial charge in [0, 0.05) is 17.8 Å². The van der Waals surface area contributed by atoms with Crippen LogP contribution in [0.15, 0.2) is 60.7 Å². The summed E-state index contributed by atoms with van der Waals surface area (Å²) in [4.78, 5) is 27.1. The normalized spacial score (nSPS) is 14.9. The maximum Gasteiger partial charge on any atom is 0.348 e. The zero-order chi connectivity index (χ0) is 19.3. The molecule has 1 aliphatic heterocycles. The first-order chi connectivity index (χ1) is 13.7. The number of carbonyl (C=O) groups is 2. The zero-order valence-corrected chi connectivity index (χ0v) is 16.5. The van der Waals surface area contributed by atoms with E-state index in [2.05, 4.69) is 24.3 Å².